The number of hydrogen-bond donors (Lipinski definition) is 0. The first-order valence-corrected chi connectivity index (χ1v) is 8.00. The summed E-state index contributed by atoms with van der Waals surface area (Å²) >= 11 is 3.21. The van der Waals surface area contributed by atoms with E-state index in [1.807, 2.05) is 12.1 Å². The molecule has 1 aliphatic carbocycles. The van der Waals surface area contributed by atoms with E-state index in [1.165, 1.54) is 17.2 Å². The van der Waals surface area contributed by atoms with Gasteiger partial charge in [0.05, 0.1) is 5.56 Å². The van der Waals surface area contributed by atoms with Crippen molar-refractivity contribution in [2.24, 2.45) is 0 Å². The van der Waals surface area contributed by atoms with Crippen molar-refractivity contribution >= 4 is 21.7 Å². The molecule has 1 unspecified atom stereocenters. The lowest BCUT2D eigenvalue weighted by Crippen LogP contribution is -2.14. The topological polar surface area (TPSA) is 17.1 Å². The Kier molecular flexibility index (Phi) is 4.20. The molecule has 21 heavy (non-hydrogen) atoms. The third kappa shape index (κ3) is 3.08. The van der Waals surface area contributed by atoms with Crippen molar-refractivity contribution in [2.75, 3.05) is 0 Å². The standard InChI is InChI=1S/C18H16BrFO/c19-14-8-9-16(17(20)11-14)18(21)10-13-6-3-5-12-4-1-2-7-15(12)13/h1-2,4,7-9,11,13H,3,5-6,10H2. The molecule has 1 aliphatic rings. The van der Waals surface area contributed by atoms with Gasteiger partial charge in [-0.3, -0.25) is 4.79 Å². The van der Waals surface area contributed by atoms with Crippen molar-refractivity contribution in [1.82, 2.24) is 0 Å². The van der Waals surface area contributed by atoms with Gasteiger partial charge in [0.15, 0.2) is 5.78 Å². The van der Waals surface area contributed by atoms with E-state index in [9.17, 15) is 9.18 Å². The van der Waals surface area contributed by atoms with Gasteiger partial charge in [0.1, 0.15) is 5.82 Å². The van der Waals surface area contributed by atoms with Gasteiger partial charge in [0, 0.05) is 10.9 Å². The molecular weight excluding hydrogens is 331 g/mol. The first-order valence-electron chi connectivity index (χ1n) is 7.21. The zero-order valence-electron chi connectivity index (χ0n) is 11.6. The van der Waals surface area contributed by atoms with Gasteiger partial charge in [0.25, 0.3) is 0 Å². The summed E-state index contributed by atoms with van der Waals surface area (Å²) in [5.74, 6) is -0.342. The maximum absolute atomic E-state index is 13.9. The zero-order chi connectivity index (χ0) is 14.8. The molecule has 3 rings (SSSR count). The smallest absolute Gasteiger partial charge is 0.166 e. The Balaban J connectivity index is 1.83. The molecule has 0 fully saturated rings. The zero-order valence-corrected chi connectivity index (χ0v) is 13.2. The van der Waals surface area contributed by atoms with Gasteiger partial charge in [-0.2, -0.15) is 0 Å². The lowest BCUT2D eigenvalue weighted by molar-refractivity contribution is 0.0967. The second kappa shape index (κ2) is 6.10. The lowest BCUT2D eigenvalue weighted by Gasteiger charge is -2.25. The van der Waals surface area contributed by atoms with E-state index >= 15 is 0 Å². The number of carbonyl (C=O) groups is 1. The quantitative estimate of drug-likeness (QED) is 0.691. The van der Waals surface area contributed by atoms with E-state index < -0.39 is 5.82 Å². The van der Waals surface area contributed by atoms with Gasteiger partial charge in [-0.1, -0.05) is 40.2 Å². The van der Waals surface area contributed by atoms with Crippen LogP contribution in [0.25, 0.3) is 0 Å². The van der Waals surface area contributed by atoms with Gasteiger partial charge < -0.3 is 0 Å². The highest BCUT2D eigenvalue weighted by molar-refractivity contribution is 9.10. The van der Waals surface area contributed by atoms with Gasteiger partial charge >= 0.3 is 0 Å². The summed E-state index contributed by atoms with van der Waals surface area (Å²) in [5, 5.41) is 0. The highest BCUT2D eigenvalue weighted by Crippen LogP contribution is 2.34. The van der Waals surface area contributed by atoms with Crippen LogP contribution in [0.3, 0.4) is 0 Å². The van der Waals surface area contributed by atoms with Crippen molar-refractivity contribution in [1.29, 1.82) is 0 Å². The molecule has 108 valence electrons. The fourth-order valence-electron chi connectivity index (χ4n) is 3.12. The molecule has 0 spiro atoms. The Morgan fingerprint density at radius 1 is 1.24 bits per heavy atom. The fourth-order valence-corrected chi connectivity index (χ4v) is 3.45. The maximum Gasteiger partial charge on any atom is 0.166 e. The molecule has 0 N–H and O–H groups in total. The highest BCUT2D eigenvalue weighted by Gasteiger charge is 2.24. The summed E-state index contributed by atoms with van der Waals surface area (Å²) in [6.45, 7) is 0. The highest BCUT2D eigenvalue weighted by atomic mass is 79.9. The van der Waals surface area contributed by atoms with E-state index in [2.05, 4.69) is 28.1 Å². The predicted octanol–water partition coefficient (Wildman–Crippen LogP) is 5.28. The summed E-state index contributed by atoms with van der Waals surface area (Å²) in [4.78, 5) is 12.4. The molecule has 2 aromatic rings. The molecule has 0 aliphatic heterocycles. The minimum Gasteiger partial charge on any atom is -0.294 e. The lowest BCUT2D eigenvalue weighted by atomic mass is 9.79. The molecular formula is C18H16BrFO. The van der Waals surface area contributed by atoms with Crippen molar-refractivity contribution in [2.45, 2.75) is 31.6 Å². The SMILES string of the molecule is O=C(CC1CCCc2ccccc21)c1ccc(Br)cc1F. The number of fused-ring (bicyclic) bond motifs is 1. The Morgan fingerprint density at radius 2 is 2.05 bits per heavy atom. The average molecular weight is 347 g/mol. The molecule has 0 radical (unpaired) electrons. The number of benzene rings is 2. The van der Waals surface area contributed by atoms with E-state index in [0.717, 1.165) is 19.3 Å². The summed E-state index contributed by atoms with van der Waals surface area (Å²) in [6.07, 6.45) is 3.56. The molecule has 1 atom stereocenters. The summed E-state index contributed by atoms with van der Waals surface area (Å²) in [7, 11) is 0. The maximum atomic E-state index is 13.9. The first kappa shape index (κ1) is 14.5. The van der Waals surface area contributed by atoms with Crippen molar-refractivity contribution in [3.63, 3.8) is 0 Å². The van der Waals surface area contributed by atoms with E-state index in [-0.39, 0.29) is 17.3 Å². The Labute approximate surface area is 132 Å². The van der Waals surface area contributed by atoms with Crippen LogP contribution in [0, 0.1) is 5.82 Å². The molecule has 0 bridgehead atoms. The molecule has 3 heteroatoms. The monoisotopic (exact) mass is 346 g/mol. The van der Waals surface area contributed by atoms with Crippen LogP contribution in [0.1, 0.15) is 46.7 Å². The minimum atomic E-state index is -0.446. The first-order chi connectivity index (χ1) is 10.1. The normalized spacial score (nSPS) is 17.3. The number of halogens is 2. The number of ketones is 1. The second-order valence-electron chi connectivity index (χ2n) is 5.54. The van der Waals surface area contributed by atoms with Gasteiger partial charge in [-0.05, 0) is 54.5 Å². The molecule has 0 aromatic heterocycles. The van der Waals surface area contributed by atoms with Gasteiger partial charge in [-0.15, -0.1) is 0 Å². The van der Waals surface area contributed by atoms with Gasteiger partial charge in [-0.25, -0.2) is 4.39 Å². The predicted molar refractivity (Wildman–Crippen MR) is 85.2 cm³/mol. The van der Waals surface area contributed by atoms with Crippen LogP contribution >= 0.6 is 15.9 Å². The van der Waals surface area contributed by atoms with Crippen molar-refractivity contribution < 1.29 is 9.18 Å². The van der Waals surface area contributed by atoms with Crippen LogP contribution in [0.5, 0.6) is 0 Å². The number of hydrogen-bond acceptors (Lipinski definition) is 1. The van der Waals surface area contributed by atoms with Crippen LogP contribution in [0.15, 0.2) is 46.9 Å². The molecule has 0 amide bonds. The summed E-state index contributed by atoms with van der Waals surface area (Å²) < 4.78 is 14.6. The Morgan fingerprint density at radius 3 is 2.86 bits per heavy atom. The van der Waals surface area contributed by atoms with Crippen LogP contribution in [-0.4, -0.2) is 5.78 Å². The molecule has 0 saturated heterocycles. The third-order valence-corrected chi connectivity index (χ3v) is 4.65. The molecule has 2 aromatic carbocycles. The van der Waals surface area contributed by atoms with Crippen LogP contribution in [0.2, 0.25) is 0 Å². The fraction of sp³-hybridized carbons (Fsp3) is 0.278. The summed E-state index contributed by atoms with van der Waals surface area (Å²) in [5.41, 5.74) is 2.79. The summed E-state index contributed by atoms with van der Waals surface area (Å²) in [6, 6.07) is 12.9. The van der Waals surface area contributed by atoms with Crippen LogP contribution in [0.4, 0.5) is 4.39 Å². The van der Waals surface area contributed by atoms with Gasteiger partial charge in [0.2, 0.25) is 0 Å². The van der Waals surface area contributed by atoms with Crippen LogP contribution in [-0.2, 0) is 6.42 Å². The largest absolute Gasteiger partial charge is 0.294 e. The number of aryl methyl sites for hydroxylation is 1. The Hall–Kier alpha value is -1.48. The minimum absolute atomic E-state index is 0.110. The molecule has 1 nitrogen and oxygen atoms in total. The molecule has 0 saturated carbocycles. The van der Waals surface area contributed by atoms with Crippen molar-refractivity contribution in [3.8, 4) is 0 Å². The van der Waals surface area contributed by atoms with E-state index in [0.29, 0.717) is 10.9 Å². The number of Topliss-reactive ketones (excluding diaryl/α,β-unsaturated/α-hetero) is 1. The van der Waals surface area contributed by atoms with Crippen molar-refractivity contribution in [3.05, 3.63) is 69.4 Å². The number of rotatable bonds is 3. The average Bonchev–Trinajstić information content (AvgIpc) is 2.47. The molecule has 0 heterocycles. The van der Waals surface area contributed by atoms with E-state index in [4.69, 9.17) is 0 Å². The number of carbonyl (C=O) groups excluding carboxylic acids is 1. The Bertz CT molecular complexity index is 681. The third-order valence-electron chi connectivity index (χ3n) is 4.16. The van der Waals surface area contributed by atoms with Crippen LogP contribution < -0.4 is 0 Å². The second-order valence-corrected chi connectivity index (χ2v) is 6.46. The van der Waals surface area contributed by atoms with E-state index in [1.54, 1.807) is 12.1 Å².